The van der Waals surface area contributed by atoms with Gasteiger partial charge in [-0.05, 0) is 52.3 Å². The van der Waals surface area contributed by atoms with Gasteiger partial charge < -0.3 is 10.7 Å². The average molecular weight is 336 g/mol. The number of hydrogen-bond donors (Lipinski definition) is 2. The van der Waals surface area contributed by atoms with Crippen molar-refractivity contribution in [1.29, 1.82) is 0 Å². The quantitative estimate of drug-likeness (QED) is 0.703. The molecule has 96 valence electrons. The zero-order chi connectivity index (χ0) is 13.4. The number of imidazole rings is 1. The molecular weight excluding hydrogens is 326 g/mol. The summed E-state index contributed by atoms with van der Waals surface area (Å²) in [5.41, 5.74) is 8.73. The molecule has 3 rings (SSSR count). The summed E-state index contributed by atoms with van der Waals surface area (Å²) in [7, 11) is 0. The number of nitrogens with two attached hydrogens (primary N) is 1. The van der Waals surface area contributed by atoms with E-state index in [0.717, 1.165) is 25.7 Å². The van der Waals surface area contributed by atoms with Crippen molar-refractivity contribution in [2.75, 3.05) is 5.73 Å². The lowest BCUT2D eigenvalue weighted by Crippen LogP contribution is -1.95. The highest BCUT2D eigenvalue weighted by Gasteiger charge is 2.09. The Balaban J connectivity index is 1.98. The summed E-state index contributed by atoms with van der Waals surface area (Å²) < 4.78 is 0.795. The van der Waals surface area contributed by atoms with Crippen LogP contribution in [-0.2, 0) is 0 Å². The second-order valence-electron chi connectivity index (χ2n) is 4.05. The molecule has 0 saturated heterocycles. The van der Waals surface area contributed by atoms with Crippen LogP contribution in [-0.4, -0.2) is 19.9 Å². The number of nitrogen functional groups attached to an aromatic ring is 1. The standard InChI is InChI=1S/C12H10BrN5S/c1-6-2-3-8-9(4-6)17-12(16-8)19-10-7(13)5-15-11(14)18-10/h2-5H,1H3,(H,16,17)(H2,14,15,18). The number of anilines is 1. The van der Waals surface area contributed by atoms with E-state index >= 15 is 0 Å². The van der Waals surface area contributed by atoms with Crippen LogP contribution in [0.3, 0.4) is 0 Å². The van der Waals surface area contributed by atoms with Crippen molar-refractivity contribution in [2.24, 2.45) is 0 Å². The number of H-pyrrole nitrogens is 1. The first-order valence-electron chi connectivity index (χ1n) is 5.54. The number of nitrogens with zero attached hydrogens (tertiary/aromatic N) is 3. The number of nitrogens with one attached hydrogen (secondary N) is 1. The fourth-order valence-electron chi connectivity index (χ4n) is 1.68. The molecule has 3 N–H and O–H groups in total. The predicted molar refractivity (Wildman–Crippen MR) is 79.1 cm³/mol. The topological polar surface area (TPSA) is 80.5 Å². The fraction of sp³-hybridized carbons (Fsp3) is 0.0833. The van der Waals surface area contributed by atoms with Crippen molar-refractivity contribution in [3.63, 3.8) is 0 Å². The maximum Gasteiger partial charge on any atom is 0.221 e. The highest BCUT2D eigenvalue weighted by atomic mass is 79.9. The molecule has 19 heavy (non-hydrogen) atoms. The van der Waals surface area contributed by atoms with E-state index in [1.54, 1.807) is 6.20 Å². The van der Waals surface area contributed by atoms with Crippen molar-refractivity contribution < 1.29 is 0 Å². The van der Waals surface area contributed by atoms with Gasteiger partial charge in [0.1, 0.15) is 5.03 Å². The molecule has 0 amide bonds. The smallest absolute Gasteiger partial charge is 0.221 e. The van der Waals surface area contributed by atoms with Gasteiger partial charge in [0.2, 0.25) is 5.95 Å². The zero-order valence-corrected chi connectivity index (χ0v) is 12.4. The summed E-state index contributed by atoms with van der Waals surface area (Å²) >= 11 is 4.82. The van der Waals surface area contributed by atoms with Crippen molar-refractivity contribution in [3.05, 3.63) is 34.4 Å². The van der Waals surface area contributed by atoms with E-state index in [2.05, 4.69) is 48.9 Å². The number of rotatable bonds is 2. The monoisotopic (exact) mass is 335 g/mol. The molecule has 2 aromatic heterocycles. The van der Waals surface area contributed by atoms with Crippen LogP contribution in [0, 0.1) is 6.92 Å². The molecule has 0 aliphatic heterocycles. The second-order valence-corrected chi connectivity index (χ2v) is 5.88. The van der Waals surface area contributed by atoms with Gasteiger partial charge in [-0.3, -0.25) is 0 Å². The van der Waals surface area contributed by atoms with Crippen LogP contribution in [0.2, 0.25) is 0 Å². The van der Waals surface area contributed by atoms with Gasteiger partial charge in [0.05, 0.1) is 15.5 Å². The van der Waals surface area contributed by atoms with Crippen LogP contribution >= 0.6 is 27.7 Å². The summed E-state index contributed by atoms with van der Waals surface area (Å²) in [4.78, 5) is 15.9. The highest BCUT2D eigenvalue weighted by Crippen LogP contribution is 2.31. The molecule has 0 atom stereocenters. The van der Waals surface area contributed by atoms with E-state index in [9.17, 15) is 0 Å². The van der Waals surface area contributed by atoms with Crippen LogP contribution in [0.25, 0.3) is 11.0 Å². The number of aryl methyl sites for hydroxylation is 1. The number of hydrogen-bond acceptors (Lipinski definition) is 5. The van der Waals surface area contributed by atoms with Crippen LogP contribution in [0.5, 0.6) is 0 Å². The first-order chi connectivity index (χ1) is 9.11. The summed E-state index contributed by atoms with van der Waals surface area (Å²) in [6.07, 6.45) is 1.64. The van der Waals surface area contributed by atoms with E-state index in [1.807, 2.05) is 12.1 Å². The Morgan fingerprint density at radius 2 is 2.16 bits per heavy atom. The molecule has 0 spiro atoms. The average Bonchev–Trinajstić information content (AvgIpc) is 2.75. The van der Waals surface area contributed by atoms with Gasteiger partial charge in [-0.1, -0.05) is 6.07 Å². The van der Waals surface area contributed by atoms with E-state index in [4.69, 9.17) is 5.73 Å². The Hall–Kier alpha value is -1.60. The Kier molecular flexibility index (Phi) is 3.16. The summed E-state index contributed by atoms with van der Waals surface area (Å²) in [5.74, 6) is 0.248. The van der Waals surface area contributed by atoms with Crippen molar-refractivity contribution >= 4 is 44.7 Å². The lowest BCUT2D eigenvalue weighted by Gasteiger charge is -2.00. The molecule has 0 unspecified atom stereocenters. The summed E-state index contributed by atoms with van der Waals surface area (Å²) in [6.45, 7) is 2.05. The summed E-state index contributed by atoms with van der Waals surface area (Å²) in [6, 6.07) is 6.10. The molecule has 0 bridgehead atoms. The minimum atomic E-state index is 0.248. The molecular formula is C12H10BrN5S. The van der Waals surface area contributed by atoms with E-state index in [-0.39, 0.29) is 5.95 Å². The summed E-state index contributed by atoms with van der Waals surface area (Å²) in [5, 5.41) is 1.52. The van der Waals surface area contributed by atoms with Gasteiger partial charge in [-0.2, -0.15) is 0 Å². The molecule has 0 aliphatic rings. The van der Waals surface area contributed by atoms with E-state index in [1.165, 1.54) is 17.3 Å². The normalized spacial score (nSPS) is 11.1. The molecule has 1 aromatic carbocycles. The molecule has 0 radical (unpaired) electrons. The van der Waals surface area contributed by atoms with Crippen LogP contribution in [0.15, 0.2) is 39.1 Å². The molecule has 3 aromatic rings. The number of aromatic amines is 1. The Morgan fingerprint density at radius 3 is 3.00 bits per heavy atom. The Morgan fingerprint density at radius 1 is 1.32 bits per heavy atom. The number of benzene rings is 1. The minimum Gasteiger partial charge on any atom is -0.368 e. The number of aromatic nitrogens is 4. The van der Waals surface area contributed by atoms with Gasteiger partial charge in [-0.15, -0.1) is 0 Å². The van der Waals surface area contributed by atoms with Gasteiger partial charge in [0.25, 0.3) is 0 Å². The Bertz CT molecular complexity index is 755. The largest absolute Gasteiger partial charge is 0.368 e. The molecule has 2 heterocycles. The first kappa shape index (κ1) is 12.4. The van der Waals surface area contributed by atoms with E-state index in [0.29, 0.717) is 0 Å². The lowest BCUT2D eigenvalue weighted by atomic mass is 10.2. The van der Waals surface area contributed by atoms with Crippen molar-refractivity contribution in [2.45, 2.75) is 17.1 Å². The zero-order valence-electron chi connectivity index (χ0n) is 10.0. The molecule has 0 saturated carbocycles. The minimum absolute atomic E-state index is 0.248. The SMILES string of the molecule is Cc1ccc2nc(Sc3nc(N)ncc3Br)[nH]c2c1. The molecule has 7 heteroatoms. The van der Waals surface area contributed by atoms with Crippen LogP contribution in [0.1, 0.15) is 5.56 Å². The molecule has 0 fully saturated rings. The molecule has 5 nitrogen and oxygen atoms in total. The highest BCUT2D eigenvalue weighted by molar-refractivity contribution is 9.10. The maximum atomic E-state index is 5.59. The fourth-order valence-corrected chi connectivity index (χ4v) is 2.89. The van der Waals surface area contributed by atoms with Gasteiger partial charge in [0, 0.05) is 6.20 Å². The second kappa shape index (κ2) is 4.82. The molecule has 0 aliphatic carbocycles. The predicted octanol–water partition coefficient (Wildman–Crippen LogP) is 3.16. The van der Waals surface area contributed by atoms with Crippen LogP contribution in [0.4, 0.5) is 5.95 Å². The van der Waals surface area contributed by atoms with Gasteiger partial charge in [0.15, 0.2) is 5.16 Å². The van der Waals surface area contributed by atoms with Gasteiger partial charge in [-0.25, -0.2) is 15.0 Å². The number of halogens is 1. The van der Waals surface area contributed by atoms with E-state index < -0.39 is 0 Å². The first-order valence-corrected chi connectivity index (χ1v) is 7.15. The number of fused-ring (bicyclic) bond motifs is 1. The third kappa shape index (κ3) is 2.57. The van der Waals surface area contributed by atoms with Crippen molar-refractivity contribution in [3.8, 4) is 0 Å². The lowest BCUT2D eigenvalue weighted by molar-refractivity contribution is 1.02. The maximum absolute atomic E-state index is 5.59. The van der Waals surface area contributed by atoms with Crippen molar-refractivity contribution in [1.82, 2.24) is 19.9 Å². The Labute approximate surface area is 122 Å². The van der Waals surface area contributed by atoms with Crippen LogP contribution < -0.4 is 5.73 Å². The third-order valence-corrected chi connectivity index (χ3v) is 4.27. The van der Waals surface area contributed by atoms with Gasteiger partial charge >= 0.3 is 0 Å². The third-order valence-electron chi connectivity index (χ3n) is 2.54.